The number of rotatable bonds is 11. The minimum absolute atomic E-state index is 0.176. The normalized spacial score (nSPS) is 26.0. The first-order chi connectivity index (χ1) is 20.2. The molecule has 0 bridgehead atoms. The van der Waals surface area contributed by atoms with Crippen LogP contribution in [0.4, 0.5) is 0 Å². The van der Waals surface area contributed by atoms with Gasteiger partial charge < -0.3 is 24.2 Å². The number of nitrogens with zero attached hydrogens (tertiary/aromatic N) is 4. The number of ether oxygens (including phenoxy) is 2. The first-order valence-electron chi connectivity index (χ1n) is 14.4. The number of aliphatic hydroxyl groups is 2. The highest BCUT2D eigenvalue weighted by molar-refractivity contribution is 7.52. The number of aryl methyl sites for hydroxylation is 1. The van der Waals surface area contributed by atoms with Gasteiger partial charge in [-0.05, 0) is 58.1 Å². The fourth-order valence-corrected chi connectivity index (χ4v) is 7.15. The zero-order chi connectivity index (χ0) is 29.9. The Balaban J connectivity index is 1.34. The molecule has 0 amide bonds. The molecule has 3 heterocycles. The van der Waals surface area contributed by atoms with E-state index < -0.39 is 50.4 Å². The predicted molar refractivity (Wildman–Crippen MR) is 151 cm³/mol. The van der Waals surface area contributed by atoms with E-state index in [1.54, 1.807) is 51.1 Å². The van der Waals surface area contributed by atoms with Gasteiger partial charge in [0.2, 0.25) is 0 Å². The molecule has 42 heavy (non-hydrogen) atoms. The standard InChI is InChI=1S/C28H38N5O8P/c1-4-21(28(36)38-19-11-7-5-8-12-19)32-42(37,41-20-13-9-6-10-14-20)40-18(3)25-23(34)24(35)27(39-25)33-16-31-22-17(2)29-15-30-26(22)33/h6,9-10,13-16,18-19,21,23-25,27,34-35H,4-5,7-8,11-12H2,1-3H3,(H,32,37)/t18-,21-,23-,24+,25+,27+,42?/m0/s1. The Kier molecular flexibility index (Phi) is 9.56. The summed E-state index contributed by atoms with van der Waals surface area (Å²) >= 11 is 0. The Bertz CT molecular complexity index is 1400. The molecule has 5 rings (SSSR count). The van der Waals surface area contributed by atoms with E-state index >= 15 is 0 Å². The van der Waals surface area contributed by atoms with Gasteiger partial charge in [0.25, 0.3) is 0 Å². The number of para-hydroxylation sites is 1. The molecule has 3 aromatic rings. The van der Waals surface area contributed by atoms with Crippen LogP contribution in [0.2, 0.25) is 0 Å². The van der Waals surface area contributed by atoms with Gasteiger partial charge in [-0.1, -0.05) is 31.5 Å². The van der Waals surface area contributed by atoms with Crippen LogP contribution in [0.25, 0.3) is 11.2 Å². The van der Waals surface area contributed by atoms with Gasteiger partial charge in [-0.25, -0.2) is 19.5 Å². The van der Waals surface area contributed by atoms with Crippen molar-refractivity contribution in [3.8, 4) is 5.75 Å². The fraction of sp³-hybridized carbons (Fsp3) is 0.571. The minimum Gasteiger partial charge on any atom is -0.461 e. The van der Waals surface area contributed by atoms with Gasteiger partial charge in [-0.2, -0.15) is 5.09 Å². The lowest BCUT2D eigenvalue weighted by molar-refractivity contribution is -0.152. The van der Waals surface area contributed by atoms with Crippen LogP contribution < -0.4 is 9.61 Å². The highest BCUT2D eigenvalue weighted by Gasteiger charge is 2.49. The van der Waals surface area contributed by atoms with Gasteiger partial charge in [-0.15, -0.1) is 0 Å². The average Bonchev–Trinajstić information content (AvgIpc) is 3.54. The number of imidazole rings is 1. The van der Waals surface area contributed by atoms with Gasteiger partial charge in [0.15, 0.2) is 11.9 Å². The summed E-state index contributed by atoms with van der Waals surface area (Å²) in [4.78, 5) is 25.8. The number of benzene rings is 1. The topological polar surface area (TPSA) is 167 Å². The van der Waals surface area contributed by atoms with Gasteiger partial charge >= 0.3 is 13.7 Å². The zero-order valence-corrected chi connectivity index (χ0v) is 24.8. The molecule has 2 aliphatic rings. The van der Waals surface area contributed by atoms with E-state index in [0.29, 0.717) is 16.9 Å². The summed E-state index contributed by atoms with van der Waals surface area (Å²) in [5, 5.41) is 24.7. The van der Waals surface area contributed by atoms with Gasteiger partial charge in [0.1, 0.15) is 48.1 Å². The molecule has 0 radical (unpaired) electrons. The molecule has 228 valence electrons. The second kappa shape index (κ2) is 13.2. The van der Waals surface area contributed by atoms with Crippen molar-refractivity contribution in [2.45, 2.75) is 102 Å². The summed E-state index contributed by atoms with van der Waals surface area (Å²) in [7, 11) is -4.26. The fourth-order valence-electron chi connectivity index (χ4n) is 5.37. The molecule has 3 N–H and O–H groups in total. The van der Waals surface area contributed by atoms with Crippen LogP contribution in [-0.2, 0) is 23.4 Å². The number of nitrogens with one attached hydrogen (secondary N) is 1. The maximum Gasteiger partial charge on any atom is 0.459 e. The van der Waals surface area contributed by atoms with E-state index in [-0.39, 0.29) is 18.3 Å². The van der Waals surface area contributed by atoms with Gasteiger partial charge in [-0.3, -0.25) is 13.9 Å². The third-order valence-corrected chi connectivity index (χ3v) is 9.36. The maximum absolute atomic E-state index is 14.2. The van der Waals surface area contributed by atoms with Crippen molar-refractivity contribution in [2.75, 3.05) is 0 Å². The monoisotopic (exact) mass is 603 g/mol. The molecule has 2 fully saturated rings. The van der Waals surface area contributed by atoms with Crippen LogP contribution in [0.5, 0.6) is 5.75 Å². The van der Waals surface area contributed by atoms with E-state index in [0.717, 1.165) is 32.1 Å². The third-order valence-electron chi connectivity index (χ3n) is 7.67. The van der Waals surface area contributed by atoms with Crippen molar-refractivity contribution in [3.05, 3.63) is 48.7 Å². The number of esters is 1. The largest absolute Gasteiger partial charge is 0.461 e. The molecule has 0 spiro atoms. The smallest absolute Gasteiger partial charge is 0.459 e. The first-order valence-corrected chi connectivity index (χ1v) is 15.9. The van der Waals surface area contributed by atoms with Gasteiger partial charge in [0.05, 0.1) is 18.1 Å². The highest BCUT2D eigenvalue weighted by atomic mass is 31.2. The molecule has 1 aliphatic carbocycles. The van der Waals surface area contributed by atoms with Crippen molar-refractivity contribution >= 4 is 24.9 Å². The van der Waals surface area contributed by atoms with E-state index in [4.69, 9.17) is 18.5 Å². The van der Waals surface area contributed by atoms with Crippen molar-refractivity contribution in [2.24, 2.45) is 0 Å². The van der Waals surface area contributed by atoms with Crippen LogP contribution in [0.3, 0.4) is 0 Å². The third kappa shape index (κ3) is 6.66. The quantitative estimate of drug-likeness (QED) is 0.216. The molecule has 7 atom stereocenters. The Labute approximate surface area is 244 Å². The Morgan fingerprint density at radius 2 is 1.88 bits per heavy atom. The number of aromatic nitrogens is 4. The van der Waals surface area contributed by atoms with E-state index in [9.17, 15) is 19.6 Å². The number of carbonyl (C=O) groups excluding carboxylic acids is 1. The lowest BCUT2D eigenvalue weighted by atomic mass is 9.98. The Morgan fingerprint density at radius 1 is 1.14 bits per heavy atom. The molecule has 1 aromatic carbocycles. The zero-order valence-electron chi connectivity index (χ0n) is 23.9. The van der Waals surface area contributed by atoms with Crippen LogP contribution in [0.1, 0.15) is 64.3 Å². The molecule has 1 saturated carbocycles. The number of carbonyl (C=O) groups is 1. The molecule has 14 heteroatoms. The van der Waals surface area contributed by atoms with E-state index in [1.807, 2.05) is 0 Å². The predicted octanol–water partition coefficient (Wildman–Crippen LogP) is 3.59. The highest BCUT2D eigenvalue weighted by Crippen LogP contribution is 2.48. The Hall–Kier alpha value is -2.93. The second-order valence-electron chi connectivity index (χ2n) is 10.8. The summed E-state index contributed by atoms with van der Waals surface area (Å²) in [6.07, 6.45) is 1.63. The number of hydrogen-bond acceptors (Lipinski definition) is 11. The minimum atomic E-state index is -4.26. The molecule has 1 saturated heterocycles. The Morgan fingerprint density at radius 3 is 2.60 bits per heavy atom. The maximum atomic E-state index is 14.2. The average molecular weight is 604 g/mol. The molecule has 13 nitrogen and oxygen atoms in total. The summed E-state index contributed by atoms with van der Waals surface area (Å²) in [5.74, 6) is -0.281. The second-order valence-corrected chi connectivity index (χ2v) is 12.4. The molecular formula is C28H38N5O8P. The first kappa shape index (κ1) is 30.5. The summed E-state index contributed by atoms with van der Waals surface area (Å²) < 4.78 is 39.3. The van der Waals surface area contributed by atoms with Crippen LogP contribution in [0, 0.1) is 6.92 Å². The molecule has 1 unspecified atom stereocenters. The lowest BCUT2D eigenvalue weighted by Gasteiger charge is -2.30. The number of fused-ring (bicyclic) bond motifs is 1. The lowest BCUT2D eigenvalue weighted by Crippen LogP contribution is -2.42. The van der Waals surface area contributed by atoms with Crippen LogP contribution in [-0.4, -0.2) is 72.3 Å². The van der Waals surface area contributed by atoms with Crippen molar-refractivity contribution < 1.29 is 38.1 Å². The van der Waals surface area contributed by atoms with E-state index in [2.05, 4.69) is 20.0 Å². The number of aliphatic hydroxyl groups excluding tert-OH is 2. The van der Waals surface area contributed by atoms with Crippen molar-refractivity contribution in [1.29, 1.82) is 0 Å². The van der Waals surface area contributed by atoms with Crippen molar-refractivity contribution in [1.82, 2.24) is 24.6 Å². The van der Waals surface area contributed by atoms with Crippen LogP contribution >= 0.6 is 7.75 Å². The summed E-state index contributed by atoms with van der Waals surface area (Å²) in [6.45, 7) is 5.10. The molecule has 2 aromatic heterocycles. The SMILES string of the molecule is CC[C@H](NP(=O)(Oc1ccccc1)O[C@@H](C)[C@H]1O[C@@H](n2cnc3c(C)ncnc32)[C@H](O)[C@@H]1O)C(=O)OC1CCCCC1. The van der Waals surface area contributed by atoms with E-state index in [1.165, 1.54) is 17.2 Å². The summed E-state index contributed by atoms with van der Waals surface area (Å²) in [6, 6.07) is 7.45. The number of hydrogen-bond donors (Lipinski definition) is 3. The molecular weight excluding hydrogens is 565 g/mol. The van der Waals surface area contributed by atoms with Crippen LogP contribution in [0.15, 0.2) is 43.0 Å². The van der Waals surface area contributed by atoms with Gasteiger partial charge in [0, 0.05) is 0 Å². The van der Waals surface area contributed by atoms with Crippen molar-refractivity contribution in [3.63, 3.8) is 0 Å². The molecule has 1 aliphatic heterocycles. The summed E-state index contributed by atoms with van der Waals surface area (Å²) in [5.41, 5.74) is 1.61.